The Balaban J connectivity index is 1.02. The van der Waals surface area contributed by atoms with Crippen LogP contribution in [0.25, 0.3) is 116 Å². The largest absolute Gasteiger partial charge is 0.311 e. The minimum Gasteiger partial charge on any atom is -0.311 e. The van der Waals surface area contributed by atoms with E-state index in [-0.39, 0.29) is 6.71 Å². The monoisotopic (exact) mass is 1140 g/mol. The molecule has 90 heavy (non-hydrogen) atoms. The van der Waals surface area contributed by atoms with Gasteiger partial charge in [0.25, 0.3) is 6.71 Å². The van der Waals surface area contributed by atoms with Gasteiger partial charge in [0.2, 0.25) is 0 Å². The van der Waals surface area contributed by atoms with E-state index in [1.807, 2.05) is 0 Å². The van der Waals surface area contributed by atoms with E-state index in [2.05, 4.69) is 351 Å². The number of anilines is 6. The number of hydrogen-bond acceptors (Lipinski definition) is 2. The number of benzene rings is 14. The zero-order valence-electron chi connectivity index (χ0n) is 49.0. The van der Waals surface area contributed by atoms with Gasteiger partial charge in [-0.3, -0.25) is 0 Å². The smallest absolute Gasteiger partial charge is 0.252 e. The van der Waals surface area contributed by atoms with Crippen LogP contribution in [0.5, 0.6) is 0 Å². The van der Waals surface area contributed by atoms with Crippen molar-refractivity contribution in [2.75, 3.05) is 9.80 Å². The van der Waals surface area contributed by atoms with Crippen molar-refractivity contribution in [2.24, 2.45) is 0 Å². The second kappa shape index (κ2) is 19.8. The van der Waals surface area contributed by atoms with Gasteiger partial charge in [-0.1, -0.05) is 206 Å². The van der Waals surface area contributed by atoms with Gasteiger partial charge < -0.3 is 23.5 Å². The summed E-state index contributed by atoms with van der Waals surface area (Å²) in [7, 11) is 0. The molecule has 0 atom stereocenters. The summed E-state index contributed by atoms with van der Waals surface area (Å²) in [4.78, 5) is 4.98. The molecule has 5 nitrogen and oxygen atoms in total. The quantitative estimate of drug-likeness (QED) is 0.141. The summed E-state index contributed by atoms with van der Waals surface area (Å²) in [6.07, 6.45) is 0. The highest BCUT2D eigenvalue weighted by Gasteiger charge is 2.43. The van der Waals surface area contributed by atoms with E-state index in [9.17, 15) is 0 Å². The second-order valence-electron chi connectivity index (χ2n) is 23.9. The molecule has 5 heterocycles. The second-order valence-corrected chi connectivity index (χ2v) is 23.9. The van der Waals surface area contributed by atoms with E-state index in [4.69, 9.17) is 0 Å². The minimum absolute atomic E-state index is 0.0976. The van der Waals surface area contributed by atoms with E-state index in [1.165, 1.54) is 93.6 Å². The maximum atomic E-state index is 2.65. The summed E-state index contributed by atoms with van der Waals surface area (Å²) >= 11 is 0. The van der Waals surface area contributed by atoms with Crippen molar-refractivity contribution in [3.63, 3.8) is 0 Å². The Hall–Kier alpha value is -11.9. The fourth-order valence-electron chi connectivity index (χ4n) is 15.4. The highest BCUT2D eigenvalue weighted by atomic mass is 15.2. The average Bonchev–Trinajstić information content (AvgIpc) is 1.46. The van der Waals surface area contributed by atoms with Crippen LogP contribution in [-0.4, -0.2) is 20.4 Å². The van der Waals surface area contributed by atoms with Gasteiger partial charge in [-0.25, -0.2) is 0 Å². The molecule has 3 aromatic heterocycles. The number of hydrogen-bond donors (Lipinski definition) is 0. The molecular formula is C84H54BN5. The molecule has 0 N–H and O–H groups in total. The molecule has 2 aliphatic rings. The average molecular weight is 1140 g/mol. The van der Waals surface area contributed by atoms with E-state index < -0.39 is 0 Å². The molecule has 6 heteroatoms. The third kappa shape index (κ3) is 7.39. The zero-order valence-corrected chi connectivity index (χ0v) is 49.0. The predicted molar refractivity (Wildman–Crippen MR) is 380 cm³/mol. The van der Waals surface area contributed by atoms with Gasteiger partial charge in [-0.15, -0.1) is 0 Å². The van der Waals surface area contributed by atoms with Crippen molar-refractivity contribution >= 4 is 123 Å². The lowest BCUT2D eigenvalue weighted by Crippen LogP contribution is -2.61. The van der Waals surface area contributed by atoms with Crippen LogP contribution in [0.15, 0.2) is 328 Å². The predicted octanol–water partition coefficient (Wildman–Crippen LogP) is 20.1. The third-order valence-corrected chi connectivity index (χ3v) is 19.1. The van der Waals surface area contributed by atoms with Gasteiger partial charge in [0.15, 0.2) is 0 Å². The fourth-order valence-corrected chi connectivity index (χ4v) is 15.4. The van der Waals surface area contributed by atoms with Crippen LogP contribution >= 0.6 is 0 Å². The lowest BCUT2D eigenvalue weighted by Gasteiger charge is -2.44. The molecule has 0 unspecified atom stereocenters. The first-order valence-electron chi connectivity index (χ1n) is 31.1. The summed E-state index contributed by atoms with van der Waals surface area (Å²) in [5.74, 6) is 0. The van der Waals surface area contributed by atoms with Crippen LogP contribution in [0.2, 0.25) is 0 Å². The molecule has 0 radical (unpaired) electrons. The molecule has 17 aromatic rings. The van der Waals surface area contributed by atoms with Crippen molar-refractivity contribution in [3.8, 4) is 50.4 Å². The number of aromatic nitrogens is 3. The maximum absolute atomic E-state index is 2.65. The highest BCUT2D eigenvalue weighted by molar-refractivity contribution is 7.00. The number of rotatable bonds is 8. The van der Waals surface area contributed by atoms with Gasteiger partial charge in [0.05, 0.1) is 33.1 Å². The first-order valence-corrected chi connectivity index (χ1v) is 31.1. The van der Waals surface area contributed by atoms with Crippen molar-refractivity contribution < 1.29 is 0 Å². The van der Waals surface area contributed by atoms with Crippen LogP contribution in [0, 0.1) is 0 Å². The van der Waals surface area contributed by atoms with Gasteiger partial charge >= 0.3 is 0 Å². The van der Waals surface area contributed by atoms with Crippen molar-refractivity contribution in [2.45, 2.75) is 0 Å². The van der Waals surface area contributed by atoms with Crippen LogP contribution in [-0.2, 0) is 0 Å². The Bertz CT molecular complexity index is 5620. The van der Waals surface area contributed by atoms with Gasteiger partial charge in [-0.2, -0.15) is 0 Å². The highest BCUT2D eigenvalue weighted by Crippen LogP contribution is 2.53. The van der Waals surface area contributed by atoms with Gasteiger partial charge in [0, 0.05) is 83.5 Å². The van der Waals surface area contributed by atoms with Crippen molar-refractivity contribution in [1.29, 1.82) is 0 Å². The zero-order chi connectivity index (χ0) is 59.0. The van der Waals surface area contributed by atoms with Gasteiger partial charge in [-0.05, 0) is 171 Å². The van der Waals surface area contributed by atoms with E-state index >= 15 is 0 Å². The molecule has 2 aliphatic heterocycles. The lowest BCUT2D eigenvalue weighted by molar-refractivity contribution is 1.17. The number of fused-ring (bicyclic) bond motifs is 16. The SMILES string of the molecule is c1ccc(-c2ccc3c(c2)c2c(c4c5cc(-c6ccccc6)ccc5n(-c5ccc6c(c5)B5c7ccccc7N(c7ccccc7)c7cccc(c75)N6c5ccccc5)c4c4c5cc(-c6ccccc6)ccc5n(-c5ccccc5)c24)n3-c2ccccc2)cc1. The number of para-hydroxylation sites is 5. The Morgan fingerprint density at radius 3 is 0.956 bits per heavy atom. The van der Waals surface area contributed by atoms with E-state index in [0.717, 1.165) is 72.8 Å². The molecule has 0 saturated carbocycles. The standard InChI is InChI=1S/C84H54BN5/c1-8-25-55(26-9-1)58-43-47-71-66(51-58)78-82-79(67-52-59(56-27-10-2-11-28-56)44-48-72(67)89(82)64-37-20-7-21-38-64)84-80(83(78)88(71)63-35-18-6-19-36-63)68-53-60(57-29-12-3-13-30-57)45-49-73(68)90(84)65-46-50-75-70(54-65)85-69-39-22-23-40-74(69)86(61-31-14-4-15-32-61)76-41-24-42-77(81(76)85)87(75)62-33-16-5-17-34-62/h1-54H. The molecule has 0 bridgehead atoms. The first-order chi connectivity index (χ1) is 44.7. The Morgan fingerprint density at radius 1 is 0.211 bits per heavy atom. The summed E-state index contributed by atoms with van der Waals surface area (Å²) in [6.45, 7) is -0.0976. The summed E-state index contributed by atoms with van der Waals surface area (Å²) in [6, 6.07) is 122. The molecule has 0 aliphatic carbocycles. The summed E-state index contributed by atoms with van der Waals surface area (Å²) in [5.41, 5.74) is 28.0. The molecule has 0 fully saturated rings. The molecule has 0 saturated heterocycles. The number of nitrogens with zero attached hydrogens (tertiary/aromatic N) is 5. The van der Waals surface area contributed by atoms with Crippen LogP contribution in [0.1, 0.15) is 0 Å². The molecular weight excluding hydrogens is 1090 g/mol. The Labute approximate surface area is 521 Å². The maximum Gasteiger partial charge on any atom is 0.252 e. The van der Waals surface area contributed by atoms with E-state index in [0.29, 0.717) is 0 Å². The molecule has 0 spiro atoms. The molecule has 0 amide bonds. The summed E-state index contributed by atoms with van der Waals surface area (Å²) in [5, 5.41) is 7.15. The Morgan fingerprint density at radius 2 is 0.544 bits per heavy atom. The summed E-state index contributed by atoms with van der Waals surface area (Å²) < 4.78 is 7.79. The third-order valence-electron chi connectivity index (χ3n) is 19.1. The van der Waals surface area contributed by atoms with Crippen molar-refractivity contribution in [3.05, 3.63) is 328 Å². The topological polar surface area (TPSA) is 21.3 Å². The van der Waals surface area contributed by atoms with Crippen molar-refractivity contribution in [1.82, 2.24) is 13.7 Å². The molecule has 14 aromatic carbocycles. The van der Waals surface area contributed by atoms with Gasteiger partial charge in [0.1, 0.15) is 0 Å². The fraction of sp³-hybridized carbons (Fsp3) is 0. The van der Waals surface area contributed by atoms with E-state index in [1.54, 1.807) is 0 Å². The lowest BCUT2D eigenvalue weighted by atomic mass is 9.33. The normalized spacial score (nSPS) is 12.6. The molecule has 19 rings (SSSR count). The Kier molecular flexibility index (Phi) is 11.1. The molecule has 418 valence electrons. The van der Waals surface area contributed by atoms with Crippen LogP contribution in [0.4, 0.5) is 34.1 Å². The minimum atomic E-state index is -0.0976. The van der Waals surface area contributed by atoms with Crippen LogP contribution < -0.4 is 26.2 Å². The first kappa shape index (κ1) is 50.3. The van der Waals surface area contributed by atoms with Crippen LogP contribution in [0.3, 0.4) is 0 Å².